The van der Waals surface area contributed by atoms with Gasteiger partial charge in [-0.3, -0.25) is 9.11 Å². The zero-order valence-electron chi connectivity index (χ0n) is 19.6. The summed E-state index contributed by atoms with van der Waals surface area (Å²) >= 11 is 1.50. The van der Waals surface area contributed by atoms with Gasteiger partial charge in [-0.1, -0.05) is 32.0 Å². The van der Waals surface area contributed by atoms with Crippen LogP contribution < -0.4 is 9.64 Å². The molecule has 0 unspecified atom stereocenters. The lowest BCUT2D eigenvalue weighted by atomic mass is 9.83. The maximum Gasteiger partial charge on any atom is 0.333 e. The number of esters is 1. The number of benzene rings is 2. The number of hydrogen-bond acceptors (Lipinski definition) is 7. The minimum absolute atomic E-state index is 0.252. The third-order valence-corrected chi connectivity index (χ3v) is 8.95. The molecule has 0 bridgehead atoms. The van der Waals surface area contributed by atoms with E-state index in [4.69, 9.17) is 9.47 Å². The standard InChI is InChI=1S/C25H33NO5S2/c1-5-25(6-2)17-26(19-11-9-8-10-12-19)20-15-22(32-4)21(16-23(20)33(28,29)18-25)31-14-13-24(27)30-7-3/h8-16,28-29H,5-7,17-18H2,1-4H3/b14-13+. The fraction of sp³-hybridized carbons (Fsp3) is 0.400. The second-order valence-electron chi connectivity index (χ2n) is 8.08. The Kier molecular flexibility index (Phi) is 8.39. The first-order chi connectivity index (χ1) is 15.8. The van der Waals surface area contributed by atoms with E-state index < -0.39 is 16.6 Å². The first kappa shape index (κ1) is 25.5. The molecule has 3 rings (SSSR count). The predicted molar refractivity (Wildman–Crippen MR) is 137 cm³/mol. The SMILES string of the molecule is CCOC(=O)/C=C/Oc1cc2c(cc1SC)N(c1ccccc1)CC(CC)(CC)CS2(O)O. The van der Waals surface area contributed by atoms with Crippen LogP contribution in [0.5, 0.6) is 5.75 Å². The molecule has 0 aliphatic carbocycles. The molecule has 0 saturated heterocycles. The van der Waals surface area contributed by atoms with Crippen LogP contribution in [0.15, 0.2) is 64.6 Å². The molecule has 0 radical (unpaired) electrons. The zero-order chi connectivity index (χ0) is 24.1. The molecule has 0 saturated carbocycles. The minimum Gasteiger partial charge on any atom is -0.463 e. The fourth-order valence-electron chi connectivity index (χ4n) is 4.10. The first-order valence-electron chi connectivity index (χ1n) is 11.1. The molecule has 0 aromatic heterocycles. The van der Waals surface area contributed by atoms with Crippen molar-refractivity contribution >= 4 is 39.7 Å². The third-order valence-electron chi connectivity index (χ3n) is 6.14. The molecule has 1 aliphatic rings. The number of nitrogens with zero attached hydrogens (tertiary/aromatic N) is 1. The molecule has 0 fully saturated rings. The van der Waals surface area contributed by atoms with E-state index >= 15 is 0 Å². The summed E-state index contributed by atoms with van der Waals surface area (Å²) in [7, 11) is -3.10. The smallest absolute Gasteiger partial charge is 0.333 e. The summed E-state index contributed by atoms with van der Waals surface area (Å²) in [6, 6.07) is 13.7. The molecule has 2 aromatic carbocycles. The number of rotatable bonds is 8. The Balaban J connectivity index is 2.14. The third kappa shape index (κ3) is 5.69. The average Bonchev–Trinajstić information content (AvgIpc) is 2.91. The highest BCUT2D eigenvalue weighted by molar-refractivity contribution is 8.24. The lowest BCUT2D eigenvalue weighted by Crippen LogP contribution is -2.36. The Morgan fingerprint density at radius 2 is 1.88 bits per heavy atom. The Hall–Kier alpha value is -2.13. The number of para-hydroxylation sites is 1. The van der Waals surface area contributed by atoms with Crippen LogP contribution >= 0.6 is 22.4 Å². The Labute approximate surface area is 202 Å². The number of carbonyl (C=O) groups excluding carboxylic acids is 1. The van der Waals surface area contributed by atoms with Crippen LogP contribution in [0.3, 0.4) is 0 Å². The molecule has 6 nitrogen and oxygen atoms in total. The summed E-state index contributed by atoms with van der Waals surface area (Å²) in [6.07, 6.45) is 6.09. The average molecular weight is 492 g/mol. The second-order valence-corrected chi connectivity index (χ2v) is 11.0. The fourth-order valence-corrected chi connectivity index (χ4v) is 6.94. The van der Waals surface area contributed by atoms with Crippen LogP contribution in [-0.4, -0.2) is 40.2 Å². The monoisotopic (exact) mass is 491 g/mol. The topological polar surface area (TPSA) is 79.2 Å². The van der Waals surface area contributed by atoms with E-state index in [1.54, 1.807) is 13.0 Å². The highest BCUT2D eigenvalue weighted by atomic mass is 32.3. The molecule has 0 spiro atoms. The predicted octanol–water partition coefficient (Wildman–Crippen LogP) is 6.93. The zero-order valence-corrected chi connectivity index (χ0v) is 21.2. The van der Waals surface area contributed by atoms with E-state index in [1.165, 1.54) is 24.1 Å². The molecule has 0 atom stereocenters. The van der Waals surface area contributed by atoms with Gasteiger partial charge < -0.3 is 14.4 Å². The molecule has 0 amide bonds. The van der Waals surface area contributed by atoms with Gasteiger partial charge >= 0.3 is 5.97 Å². The Bertz CT molecular complexity index is 990. The van der Waals surface area contributed by atoms with Crippen molar-refractivity contribution in [3.63, 3.8) is 0 Å². The second kappa shape index (κ2) is 10.9. The van der Waals surface area contributed by atoms with Gasteiger partial charge in [-0.2, -0.15) is 10.6 Å². The van der Waals surface area contributed by atoms with Gasteiger partial charge in [0.05, 0.1) is 34.4 Å². The van der Waals surface area contributed by atoms with E-state index in [-0.39, 0.29) is 12.0 Å². The first-order valence-corrected chi connectivity index (χ1v) is 14.0. The molecule has 2 N–H and O–H groups in total. The van der Waals surface area contributed by atoms with Gasteiger partial charge in [0.15, 0.2) is 0 Å². The number of carbonyl (C=O) groups is 1. The van der Waals surface area contributed by atoms with Crippen molar-refractivity contribution < 1.29 is 23.4 Å². The molecular weight excluding hydrogens is 458 g/mol. The summed E-state index contributed by atoms with van der Waals surface area (Å²) in [5, 5.41) is 0. The van der Waals surface area contributed by atoms with Gasteiger partial charge in [0.1, 0.15) is 5.75 Å². The van der Waals surface area contributed by atoms with Crippen LogP contribution in [0.4, 0.5) is 11.4 Å². The molecule has 2 aromatic rings. The van der Waals surface area contributed by atoms with Gasteiger partial charge in [-0.05, 0) is 44.2 Å². The van der Waals surface area contributed by atoms with E-state index in [9.17, 15) is 13.9 Å². The maximum atomic E-state index is 11.6. The number of hydrogen-bond donors (Lipinski definition) is 2. The largest absolute Gasteiger partial charge is 0.463 e. The van der Waals surface area contributed by atoms with Crippen molar-refractivity contribution in [2.24, 2.45) is 5.41 Å². The van der Waals surface area contributed by atoms with Gasteiger partial charge in [-0.15, -0.1) is 11.8 Å². The highest BCUT2D eigenvalue weighted by Crippen LogP contribution is 2.61. The Morgan fingerprint density at radius 1 is 1.18 bits per heavy atom. The summed E-state index contributed by atoms with van der Waals surface area (Å²) < 4.78 is 33.5. The van der Waals surface area contributed by atoms with Crippen LogP contribution in [0.25, 0.3) is 0 Å². The number of anilines is 2. The van der Waals surface area contributed by atoms with Gasteiger partial charge in [0, 0.05) is 29.5 Å². The molecule has 1 aliphatic heterocycles. The van der Waals surface area contributed by atoms with Crippen molar-refractivity contribution in [2.75, 3.05) is 30.1 Å². The molecule has 8 heteroatoms. The van der Waals surface area contributed by atoms with Gasteiger partial charge in [-0.25, -0.2) is 4.79 Å². The maximum absolute atomic E-state index is 11.6. The van der Waals surface area contributed by atoms with Gasteiger partial charge in [0.25, 0.3) is 0 Å². The molecule has 33 heavy (non-hydrogen) atoms. The van der Waals surface area contributed by atoms with E-state index in [2.05, 4.69) is 18.7 Å². The van der Waals surface area contributed by atoms with Crippen molar-refractivity contribution in [1.29, 1.82) is 0 Å². The number of fused-ring (bicyclic) bond motifs is 1. The van der Waals surface area contributed by atoms with Crippen LogP contribution in [0.1, 0.15) is 33.6 Å². The highest BCUT2D eigenvalue weighted by Gasteiger charge is 2.41. The quantitative estimate of drug-likeness (QED) is 0.179. The van der Waals surface area contributed by atoms with Crippen molar-refractivity contribution in [1.82, 2.24) is 0 Å². The summed E-state index contributed by atoms with van der Waals surface area (Å²) in [5.41, 5.74) is 1.53. The van der Waals surface area contributed by atoms with Crippen molar-refractivity contribution in [3.8, 4) is 5.75 Å². The normalized spacial score (nSPS) is 17.8. The summed E-state index contributed by atoms with van der Waals surface area (Å²) in [4.78, 5) is 15.1. The van der Waals surface area contributed by atoms with E-state index in [0.29, 0.717) is 22.9 Å². The van der Waals surface area contributed by atoms with Crippen molar-refractivity contribution in [3.05, 3.63) is 54.8 Å². The number of ether oxygens (including phenoxy) is 2. The van der Waals surface area contributed by atoms with E-state index in [1.807, 2.05) is 42.7 Å². The van der Waals surface area contributed by atoms with Crippen molar-refractivity contribution in [2.45, 2.75) is 43.4 Å². The van der Waals surface area contributed by atoms with Crippen LogP contribution in [0, 0.1) is 5.41 Å². The Morgan fingerprint density at radius 3 is 2.48 bits per heavy atom. The molecule has 180 valence electrons. The molecule has 1 heterocycles. The summed E-state index contributed by atoms with van der Waals surface area (Å²) in [5.74, 6) is 0.267. The van der Waals surface area contributed by atoms with Crippen LogP contribution in [0.2, 0.25) is 0 Å². The summed E-state index contributed by atoms with van der Waals surface area (Å²) in [6.45, 7) is 6.93. The minimum atomic E-state index is -3.10. The van der Waals surface area contributed by atoms with Crippen LogP contribution in [-0.2, 0) is 9.53 Å². The molecular formula is C25H33NO5S2. The van der Waals surface area contributed by atoms with Gasteiger partial charge in [0.2, 0.25) is 0 Å². The lowest BCUT2D eigenvalue weighted by molar-refractivity contribution is -0.137. The number of thioether (sulfide) groups is 1. The lowest BCUT2D eigenvalue weighted by Gasteiger charge is -2.40. The van der Waals surface area contributed by atoms with E-state index in [0.717, 1.165) is 29.1 Å².